The van der Waals surface area contributed by atoms with Crippen LogP contribution in [0.5, 0.6) is 0 Å². The van der Waals surface area contributed by atoms with Crippen molar-refractivity contribution >= 4 is 10.0 Å². The quantitative estimate of drug-likeness (QED) is 0.594. The van der Waals surface area contributed by atoms with Crippen LogP contribution in [0.4, 0.5) is 0 Å². The van der Waals surface area contributed by atoms with Gasteiger partial charge in [-0.1, -0.05) is 6.42 Å². The Bertz CT molecular complexity index is 223. The van der Waals surface area contributed by atoms with E-state index >= 15 is 0 Å². The average Bonchev–Trinajstić information content (AvgIpc) is 1.86. The van der Waals surface area contributed by atoms with E-state index in [0.717, 1.165) is 19.3 Å². The van der Waals surface area contributed by atoms with E-state index < -0.39 is 10.0 Å². The zero-order valence-corrected chi connectivity index (χ0v) is 7.89. The van der Waals surface area contributed by atoms with Gasteiger partial charge in [-0.3, -0.25) is 0 Å². The molecule has 0 bridgehead atoms. The summed E-state index contributed by atoms with van der Waals surface area (Å²) in [6, 6.07) is 0.207. The van der Waals surface area contributed by atoms with Crippen LogP contribution in [0.1, 0.15) is 26.2 Å². The molecule has 1 unspecified atom stereocenters. The van der Waals surface area contributed by atoms with Crippen molar-refractivity contribution in [2.45, 2.75) is 32.2 Å². The molecule has 1 fully saturated rings. The predicted octanol–water partition coefficient (Wildman–Crippen LogP) is 0.820. The summed E-state index contributed by atoms with van der Waals surface area (Å²) in [6.07, 6.45) is 4.46. The summed E-state index contributed by atoms with van der Waals surface area (Å²) in [5.41, 5.74) is 0. The maximum Gasteiger partial charge on any atom is 0.211 e. The number of hydrogen-bond donors (Lipinski definition) is 0. The van der Waals surface area contributed by atoms with Gasteiger partial charge >= 0.3 is 0 Å². The Hall–Kier alpha value is -0.0900. The molecule has 0 radical (unpaired) electrons. The topological polar surface area (TPSA) is 37.4 Å². The molecule has 0 N–H and O–H groups in total. The molecule has 1 heterocycles. The number of sulfonamides is 1. The maximum atomic E-state index is 11.1. The second-order valence-electron chi connectivity index (χ2n) is 3.22. The Morgan fingerprint density at radius 3 is 2.36 bits per heavy atom. The lowest BCUT2D eigenvalue weighted by molar-refractivity contribution is 0.270. The van der Waals surface area contributed by atoms with E-state index in [1.807, 2.05) is 6.92 Å². The predicted molar refractivity (Wildman–Crippen MR) is 44.9 cm³/mol. The smallest absolute Gasteiger partial charge is 0.211 e. The molecule has 1 atom stereocenters. The van der Waals surface area contributed by atoms with Gasteiger partial charge in [-0.25, -0.2) is 8.42 Å². The first-order valence-corrected chi connectivity index (χ1v) is 5.83. The van der Waals surface area contributed by atoms with Crippen LogP contribution in [0, 0.1) is 0 Å². The second kappa shape index (κ2) is 3.11. The molecule has 11 heavy (non-hydrogen) atoms. The highest BCUT2D eigenvalue weighted by Crippen LogP contribution is 2.18. The Balaban J connectivity index is 2.70. The first-order chi connectivity index (χ1) is 5.02. The Kier molecular flexibility index (Phi) is 2.54. The molecule has 0 saturated carbocycles. The van der Waals surface area contributed by atoms with Gasteiger partial charge in [0, 0.05) is 12.6 Å². The van der Waals surface area contributed by atoms with Gasteiger partial charge < -0.3 is 0 Å². The second-order valence-corrected chi connectivity index (χ2v) is 5.15. The van der Waals surface area contributed by atoms with E-state index in [2.05, 4.69) is 0 Å². The first kappa shape index (κ1) is 9.00. The normalized spacial score (nSPS) is 28.7. The van der Waals surface area contributed by atoms with Crippen molar-refractivity contribution in [2.24, 2.45) is 0 Å². The molecule has 0 aliphatic carbocycles. The highest BCUT2D eigenvalue weighted by molar-refractivity contribution is 7.88. The lowest BCUT2D eigenvalue weighted by atomic mass is 10.1. The lowest BCUT2D eigenvalue weighted by Crippen LogP contribution is -2.41. The van der Waals surface area contributed by atoms with Gasteiger partial charge in [-0.05, 0) is 19.8 Å². The van der Waals surface area contributed by atoms with E-state index in [4.69, 9.17) is 0 Å². The monoisotopic (exact) mass is 177 g/mol. The summed E-state index contributed by atoms with van der Waals surface area (Å²) >= 11 is 0. The average molecular weight is 177 g/mol. The molecular formula is C7H15NO2S. The van der Waals surface area contributed by atoms with E-state index in [-0.39, 0.29) is 6.04 Å². The largest absolute Gasteiger partial charge is 0.212 e. The third-order valence-electron chi connectivity index (χ3n) is 2.17. The van der Waals surface area contributed by atoms with Gasteiger partial charge in [-0.2, -0.15) is 4.31 Å². The molecule has 66 valence electrons. The standard InChI is InChI=1S/C7H15NO2S/c1-7-5-3-4-6-8(7)11(2,9)10/h7H,3-6H2,1-2H3. The minimum atomic E-state index is -2.94. The highest BCUT2D eigenvalue weighted by Gasteiger charge is 2.25. The summed E-state index contributed by atoms with van der Waals surface area (Å²) in [7, 11) is -2.94. The zero-order valence-electron chi connectivity index (χ0n) is 7.08. The highest BCUT2D eigenvalue weighted by atomic mass is 32.2. The van der Waals surface area contributed by atoms with Crippen molar-refractivity contribution in [3.63, 3.8) is 0 Å². The number of rotatable bonds is 1. The van der Waals surface area contributed by atoms with Crippen molar-refractivity contribution in [3.05, 3.63) is 0 Å². The Morgan fingerprint density at radius 2 is 2.00 bits per heavy atom. The van der Waals surface area contributed by atoms with Gasteiger partial charge in [0.05, 0.1) is 6.26 Å². The maximum absolute atomic E-state index is 11.1. The summed E-state index contributed by atoms with van der Waals surface area (Å²) in [5, 5.41) is 0. The third-order valence-corrected chi connectivity index (χ3v) is 3.56. The molecule has 1 rings (SSSR count). The fourth-order valence-electron chi connectivity index (χ4n) is 1.56. The van der Waals surface area contributed by atoms with E-state index in [1.165, 1.54) is 6.26 Å². The van der Waals surface area contributed by atoms with Gasteiger partial charge in [0.2, 0.25) is 10.0 Å². The molecule has 0 aromatic carbocycles. The Morgan fingerprint density at radius 1 is 1.36 bits per heavy atom. The van der Waals surface area contributed by atoms with Crippen LogP contribution in [0.15, 0.2) is 0 Å². The van der Waals surface area contributed by atoms with Gasteiger partial charge in [-0.15, -0.1) is 0 Å². The van der Waals surface area contributed by atoms with Crippen LogP contribution >= 0.6 is 0 Å². The molecule has 4 heteroatoms. The summed E-state index contributed by atoms with van der Waals surface area (Å²) in [6.45, 7) is 2.68. The van der Waals surface area contributed by atoms with Crippen LogP contribution in [0.2, 0.25) is 0 Å². The van der Waals surface area contributed by atoms with Gasteiger partial charge in [0.1, 0.15) is 0 Å². The van der Waals surface area contributed by atoms with Gasteiger partial charge in [0.15, 0.2) is 0 Å². The minimum absolute atomic E-state index is 0.207. The third kappa shape index (κ3) is 2.17. The summed E-state index contributed by atoms with van der Waals surface area (Å²) in [5.74, 6) is 0. The van der Waals surface area contributed by atoms with Crippen molar-refractivity contribution in [2.75, 3.05) is 12.8 Å². The minimum Gasteiger partial charge on any atom is -0.212 e. The fraction of sp³-hybridized carbons (Fsp3) is 1.00. The van der Waals surface area contributed by atoms with Crippen molar-refractivity contribution < 1.29 is 8.42 Å². The molecule has 0 amide bonds. The number of piperidine rings is 1. The lowest BCUT2D eigenvalue weighted by Gasteiger charge is -2.30. The van der Waals surface area contributed by atoms with Crippen molar-refractivity contribution in [3.8, 4) is 0 Å². The van der Waals surface area contributed by atoms with E-state index in [1.54, 1.807) is 4.31 Å². The fourth-order valence-corrected chi connectivity index (χ4v) is 2.78. The van der Waals surface area contributed by atoms with Gasteiger partial charge in [0.25, 0.3) is 0 Å². The molecule has 0 spiro atoms. The van der Waals surface area contributed by atoms with Crippen molar-refractivity contribution in [1.82, 2.24) is 4.31 Å². The number of nitrogens with zero attached hydrogens (tertiary/aromatic N) is 1. The molecule has 1 saturated heterocycles. The van der Waals surface area contributed by atoms with Crippen LogP contribution in [0.3, 0.4) is 0 Å². The molecule has 1 aliphatic rings. The van der Waals surface area contributed by atoms with Crippen LogP contribution < -0.4 is 0 Å². The van der Waals surface area contributed by atoms with E-state index in [0.29, 0.717) is 6.54 Å². The SMILES string of the molecule is CC1CCCCN1S(C)(=O)=O. The number of hydrogen-bond acceptors (Lipinski definition) is 2. The molecule has 0 aromatic rings. The summed E-state index contributed by atoms with van der Waals surface area (Å²) < 4.78 is 23.8. The Labute approximate surface area is 68.4 Å². The van der Waals surface area contributed by atoms with Crippen LogP contribution in [0.25, 0.3) is 0 Å². The zero-order chi connectivity index (χ0) is 8.48. The van der Waals surface area contributed by atoms with Crippen LogP contribution in [-0.4, -0.2) is 31.6 Å². The molecular weight excluding hydrogens is 162 g/mol. The van der Waals surface area contributed by atoms with Crippen LogP contribution in [-0.2, 0) is 10.0 Å². The van der Waals surface area contributed by atoms with E-state index in [9.17, 15) is 8.42 Å². The molecule has 3 nitrogen and oxygen atoms in total. The first-order valence-electron chi connectivity index (χ1n) is 3.98. The van der Waals surface area contributed by atoms with Crippen molar-refractivity contribution in [1.29, 1.82) is 0 Å². The molecule has 1 aliphatic heterocycles. The molecule has 0 aromatic heterocycles. The summed E-state index contributed by atoms with van der Waals surface area (Å²) in [4.78, 5) is 0.